The smallest absolute Gasteiger partial charge is 0.276 e. The average Bonchev–Trinajstić information content (AvgIpc) is 3.58. The minimum absolute atomic E-state index is 0.0462. The Morgan fingerprint density at radius 2 is 1.86 bits per heavy atom. The lowest BCUT2D eigenvalue weighted by molar-refractivity contribution is -0.138. The minimum Gasteiger partial charge on any atom is -0.380 e. The lowest BCUT2D eigenvalue weighted by Gasteiger charge is -2.40. The summed E-state index contributed by atoms with van der Waals surface area (Å²) in [7, 11) is 2.00. The number of amides is 3. The highest BCUT2D eigenvalue weighted by molar-refractivity contribution is 5.94. The van der Waals surface area contributed by atoms with E-state index in [-0.39, 0.29) is 42.1 Å². The van der Waals surface area contributed by atoms with Gasteiger partial charge in [0.25, 0.3) is 5.91 Å². The van der Waals surface area contributed by atoms with Crippen molar-refractivity contribution in [2.45, 2.75) is 70.4 Å². The molecule has 13 heteroatoms. The molecule has 1 aromatic carbocycles. The van der Waals surface area contributed by atoms with E-state index in [1.165, 1.54) is 12.3 Å². The first kappa shape index (κ1) is 33.0. The van der Waals surface area contributed by atoms with Gasteiger partial charge in [-0.15, -0.1) is 0 Å². The molecule has 2 heterocycles. The summed E-state index contributed by atoms with van der Waals surface area (Å²) in [6.45, 7) is 8.21. The Kier molecular flexibility index (Phi) is 11.1. The molecule has 12 nitrogen and oxygen atoms in total. The van der Waals surface area contributed by atoms with Crippen LogP contribution in [0.5, 0.6) is 0 Å². The fourth-order valence-electron chi connectivity index (χ4n) is 6.06. The second-order valence-corrected chi connectivity index (χ2v) is 12.3. The molecular formula is C31H44FN7O5. The third kappa shape index (κ3) is 7.79. The summed E-state index contributed by atoms with van der Waals surface area (Å²) in [5, 5.41) is 15.8. The quantitative estimate of drug-likeness (QED) is 0.307. The highest BCUT2D eigenvalue weighted by atomic mass is 19.1. The van der Waals surface area contributed by atoms with E-state index in [1.54, 1.807) is 30.9 Å². The SMILES string of the molecule is CCC(=O)N[C@@H](C(=O)N1CCN(C)CC1)[C@@H](C)c1ccc(NC[C@@](C=O)(NC(=O)c2cnon2)C2CCC(C)CC2)c(F)c1. The Hall–Kier alpha value is -3.87. The number of piperazine rings is 1. The maximum atomic E-state index is 15.6. The van der Waals surface area contributed by atoms with Crippen LogP contribution in [0.4, 0.5) is 10.1 Å². The molecule has 1 aliphatic carbocycles. The van der Waals surface area contributed by atoms with E-state index in [0.717, 1.165) is 45.1 Å². The Morgan fingerprint density at radius 1 is 1.16 bits per heavy atom. The van der Waals surface area contributed by atoms with Crippen LogP contribution < -0.4 is 16.0 Å². The van der Waals surface area contributed by atoms with Crippen LogP contribution in [0.15, 0.2) is 29.0 Å². The summed E-state index contributed by atoms with van der Waals surface area (Å²) in [4.78, 5) is 55.4. The van der Waals surface area contributed by atoms with Crippen molar-refractivity contribution >= 4 is 29.7 Å². The van der Waals surface area contributed by atoms with Gasteiger partial charge < -0.3 is 30.5 Å². The molecule has 1 saturated carbocycles. The van der Waals surface area contributed by atoms with E-state index in [2.05, 4.69) is 42.7 Å². The largest absolute Gasteiger partial charge is 0.380 e. The summed E-state index contributed by atoms with van der Waals surface area (Å²) in [6, 6.07) is 3.77. The van der Waals surface area contributed by atoms with Crippen LogP contribution >= 0.6 is 0 Å². The molecular weight excluding hydrogens is 569 g/mol. The van der Waals surface area contributed by atoms with Crippen LogP contribution in [0.25, 0.3) is 0 Å². The second kappa shape index (κ2) is 14.7. The molecule has 2 fully saturated rings. The molecule has 1 saturated heterocycles. The van der Waals surface area contributed by atoms with E-state index in [1.807, 2.05) is 7.05 Å². The van der Waals surface area contributed by atoms with E-state index < -0.39 is 29.2 Å². The summed E-state index contributed by atoms with van der Waals surface area (Å²) in [6.07, 6.45) is 5.39. The molecule has 0 unspecified atom stereocenters. The monoisotopic (exact) mass is 613 g/mol. The van der Waals surface area contributed by atoms with Crippen molar-refractivity contribution in [3.8, 4) is 0 Å². The molecule has 2 aromatic rings. The minimum atomic E-state index is -1.32. The number of aldehydes is 1. The lowest BCUT2D eigenvalue weighted by Crippen LogP contribution is -2.60. The van der Waals surface area contributed by atoms with Crippen molar-refractivity contribution in [1.82, 2.24) is 30.7 Å². The van der Waals surface area contributed by atoms with Crippen LogP contribution in [-0.4, -0.2) is 95.5 Å². The van der Waals surface area contributed by atoms with E-state index in [4.69, 9.17) is 0 Å². The van der Waals surface area contributed by atoms with Crippen LogP contribution in [-0.2, 0) is 14.4 Å². The second-order valence-electron chi connectivity index (χ2n) is 12.3. The van der Waals surface area contributed by atoms with Crippen LogP contribution in [0.1, 0.15) is 74.8 Å². The molecule has 0 bridgehead atoms. The molecule has 1 aromatic heterocycles. The van der Waals surface area contributed by atoms with Gasteiger partial charge in [-0.1, -0.05) is 44.8 Å². The lowest BCUT2D eigenvalue weighted by atomic mass is 9.72. The normalized spacial score (nSPS) is 21.9. The number of hydrogen-bond acceptors (Lipinski definition) is 9. The summed E-state index contributed by atoms with van der Waals surface area (Å²) < 4.78 is 20.2. The van der Waals surface area contributed by atoms with Crippen LogP contribution in [0.2, 0.25) is 0 Å². The maximum Gasteiger partial charge on any atom is 0.276 e. The number of carbonyl (C=O) groups excluding carboxylic acids is 4. The Morgan fingerprint density at radius 3 is 2.45 bits per heavy atom. The molecule has 3 atom stereocenters. The number of anilines is 1. The summed E-state index contributed by atoms with van der Waals surface area (Å²) >= 11 is 0. The number of rotatable bonds is 12. The number of likely N-dealkylation sites (N-methyl/N-ethyl adjacent to an activating group) is 1. The van der Waals surface area contributed by atoms with Crippen LogP contribution in [0, 0.1) is 17.7 Å². The standard InChI is InChI=1S/C31H44FN7O5/c1-5-27(41)35-28(30(43)39-14-12-38(4)13-15-39)21(3)22-8-11-25(24(32)16-22)33-18-31(19-40,23-9-6-20(2)7-10-23)36-29(42)26-17-34-44-37-26/h8,11,16-17,19-21,23,28,33H,5-7,9-10,12-15,18H2,1-4H3,(H,35,41)(H,36,42)/t20?,21-,23?,28+,31-/m0/s1. The number of hydrogen-bond donors (Lipinski definition) is 3. The third-order valence-corrected chi connectivity index (χ3v) is 9.20. The van der Waals surface area contributed by atoms with Crippen molar-refractivity contribution in [2.24, 2.45) is 11.8 Å². The highest BCUT2D eigenvalue weighted by Crippen LogP contribution is 2.35. The molecule has 240 valence electrons. The molecule has 1 aliphatic heterocycles. The number of nitrogens with one attached hydrogen (secondary N) is 3. The zero-order valence-corrected chi connectivity index (χ0v) is 26.0. The van der Waals surface area contributed by atoms with E-state index >= 15 is 4.39 Å². The number of aromatic nitrogens is 2. The van der Waals surface area contributed by atoms with Crippen molar-refractivity contribution in [3.63, 3.8) is 0 Å². The summed E-state index contributed by atoms with van der Waals surface area (Å²) in [5.74, 6) is -1.78. The number of carbonyl (C=O) groups is 4. The first-order valence-corrected chi connectivity index (χ1v) is 15.4. The first-order chi connectivity index (χ1) is 21.1. The Labute approximate surface area is 257 Å². The van der Waals surface area contributed by atoms with Crippen molar-refractivity contribution in [1.29, 1.82) is 0 Å². The Bertz CT molecular complexity index is 1290. The van der Waals surface area contributed by atoms with E-state index in [0.29, 0.717) is 24.6 Å². The molecule has 3 N–H and O–H groups in total. The fourth-order valence-corrected chi connectivity index (χ4v) is 6.06. The molecule has 4 rings (SSSR count). The molecule has 44 heavy (non-hydrogen) atoms. The zero-order chi connectivity index (χ0) is 31.9. The van der Waals surface area contributed by atoms with E-state index in [9.17, 15) is 19.2 Å². The topological polar surface area (TPSA) is 150 Å². The van der Waals surface area contributed by atoms with Gasteiger partial charge >= 0.3 is 0 Å². The fraction of sp³-hybridized carbons (Fsp3) is 0.613. The van der Waals surface area contributed by atoms with Crippen molar-refractivity contribution < 1.29 is 28.2 Å². The van der Waals surface area contributed by atoms with Gasteiger partial charge in [0, 0.05) is 45.1 Å². The van der Waals surface area contributed by atoms with Gasteiger partial charge in [-0.2, -0.15) is 0 Å². The maximum absolute atomic E-state index is 15.6. The molecule has 3 amide bonds. The first-order valence-electron chi connectivity index (χ1n) is 15.4. The van der Waals surface area contributed by atoms with Gasteiger partial charge in [0.05, 0.1) is 5.69 Å². The predicted octanol–water partition coefficient (Wildman–Crippen LogP) is 2.59. The average molecular weight is 614 g/mol. The Balaban J connectivity index is 1.52. The van der Waals surface area contributed by atoms with Crippen molar-refractivity contribution in [2.75, 3.05) is 45.1 Å². The third-order valence-electron chi connectivity index (χ3n) is 9.20. The van der Waals surface area contributed by atoms with Gasteiger partial charge in [-0.3, -0.25) is 14.4 Å². The summed E-state index contributed by atoms with van der Waals surface area (Å²) in [5.41, 5.74) is -0.681. The molecule has 2 aliphatic rings. The predicted molar refractivity (Wildman–Crippen MR) is 161 cm³/mol. The zero-order valence-electron chi connectivity index (χ0n) is 26.0. The molecule has 0 radical (unpaired) electrons. The van der Waals surface area contributed by atoms with Gasteiger partial charge in [0.15, 0.2) is 5.69 Å². The number of benzene rings is 1. The molecule has 0 spiro atoms. The highest BCUT2D eigenvalue weighted by Gasteiger charge is 2.42. The van der Waals surface area contributed by atoms with Crippen molar-refractivity contribution in [3.05, 3.63) is 41.5 Å². The van der Waals surface area contributed by atoms with Gasteiger partial charge in [-0.05, 0) is 54.6 Å². The van der Waals surface area contributed by atoms with Gasteiger partial charge in [0.1, 0.15) is 29.9 Å². The van der Waals surface area contributed by atoms with Gasteiger partial charge in [0.2, 0.25) is 11.8 Å². The van der Waals surface area contributed by atoms with Crippen LogP contribution in [0.3, 0.4) is 0 Å². The number of nitrogens with zero attached hydrogens (tertiary/aromatic N) is 4. The number of halogens is 1. The van der Waals surface area contributed by atoms with Gasteiger partial charge in [-0.25, -0.2) is 9.02 Å².